The molecule has 1 heterocycles. The Balaban J connectivity index is 2.41. The van der Waals surface area contributed by atoms with Crippen LogP contribution in [0, 0.1) is 0 Å². The first kappa shape index (κ1) is 18.2. The van der Waals surface area contributed by atoms with Crippen molar-refractivity contribution in [1.82, 2.24) is 10.3 Å². The van der Waals surface area contributed by atoms with Crippen LogP contribution < -0.4 is 10.1 Å². The van der Waals surface area contributed by atoms with E-state index in [0.717, 1.165) is 5.56 Å². The first-order valence-electron chi connectivity index (χ1n) is 7.01. The Hall–Kier alpha value is -0.880. The molecule has 120 valence electrons. The molecule has 1 aromatic heterocycles. The Bertz CT molecular complexity index is 422. The Labute approximate surface area is 131 Å². The van der Waals surface area contributed by atoms with Crippen LogP contribution in [0.3, 0.4) is 0 Å². The molecule has 21 heavy (non-hydrogen) atoms. The van der Waals surface area contributed by atoms with E-state index in [1.165, 1.54) is 0 Å². The zero-order valence-electron chi connectivity index (χ0n) is 13.2. The fourth-order valence-electron chi connectivity index (χ4n) is 1.48. The molecule has 0 saturated heterocycles. The van der Waals surface area contributed by atoms with Gasteiger partial charge in [0.1, 0.15) is 6.61 Å². The van der Waals surface area contributed by atoms with Crippen LogP contribution in [0.2, 0.25) is 5.02 Å². The van der Waals surface area contributed by atoms with Crippen molar-refractivity contribution >= 4 is 11.6 Å². The summed E-state index contributed by atoms with van der Waals surface area (Å²) in [5.74, 6) is 0.556. The molecular formula is C15H25ClN2O3. The maximum absolute atomic E-state index is 6.15. The minimum absolute atomic E-state index is 0.0306. The van der Waals surface area contributed by atoms with Crippen LogP contribution in [0.15, 0.2) is 12.3 Å². The minimum Gasteiger partial charge on any atom is -0.475 e. The van der Waals surface area contributed by atoms with Crippen molar-refractivity contribution in [3.8, 4) is 5.88 Å². The fourth-order valence-corrected chi connectivity index (χ4v) is 1.65. The van der Waals surface area contributed by atoms with Gasteiger partial charge in [0.2, 0.25) is 5.88 Å². The van der Waals surface area contributed by atoms with Gasteiger partial charge in [0, 0.05) is 31.5 Å². The summed E-state index contributed by atoms with van der Waals surface area (Å²) in [5.41, 5.74) is 1.000. The fraction of sp³-hybridized carbons (Fsp3) is 0.667. The number of halogens is 1. The predicted molar refractivity (Wildman–Crippen MR) is 84.0 cm³/mol. The Morgan fingerprint density at radius 2 is 1.90 bits per heavy atom. The number of nitrogens with zero attached hydrogens (tertiary/aromatic N) is 1. The summed E-state index contributed by atoms with van der Waals surface area (Å²) in [4.78, 5) is 4.16. The van der Waals surface area contributed by atoms with Crippen molar-refractivity contribution in [2.75, 3.05) is 33.5 Å². The van der Waals surface area contributed by atoms with Gasteiger partial charge in [-0.25, -0.2) is 4.98 Å². The quantitative estimate of drug-likeness (QED) is 0.710. The van der Waals surface area contributed by atoms with Gasteiger partial charge < -0.3 is 19.5 Å². The second kappa shape index (κ2) is 9.20. The standard InChI is InChI=1S/C15H25ClN2O3/c1-15(2,3)18-10-12-9-14(17-11-13(12)16)21-8-7-20-6-5-19-4/h9,11,18H,5-8,10H2,1-4H3. The van der Waals surface area contributed by atoms with E-state index >= 15 is 0 Å². The van der Waals surface area contributed by atoms with Gasteiger partial charge >= 0.3 is 0 Å². The van der Waals surface area contributed by atoms with Crippen molar-refractivity contribution in [2.24, 2.45) is 0 Å². The molecule has 0 aliphatic heterocycles. The summed E-state index contributed by atoms with van der Waals surface area (Å²) in [7, 11) is 1.64. The molecule has 0 atom stereocenters. The molecule has 0 spiro atoms. The molecule has 6 heteroatoms. The van der Waals surface area contributed by atoms with Crippen LogP contribution in [-0.4, -0.2) is 44.1 Å². The highest BCUT2D eigenvalue weighted by Gasteiger charge is 2.11. The monoisotopic (exact) mass is 316 g/mol. The highest BCUT2D eigenvalue weighted by Crippen LogP contribution is 2.20. The zero-order chi connectivity index (χ0) is 15.7. The van der Waals surface area contributed by atoms with E-state index in [4.69, 9.17) is 25.8 Å². The molecule has 0 radical (unpaired) electrons. The largest absolute Gasteiger partial charge is 0.475 e. The van der Waals surface area contributed by atoms with E-state index in [1.807, 2.05) is 6.07 Å². The summed E-state index contributed by atoms with van der Waals surface area (Å²) in [6.07, 6.45) is 1.61. The maximum atomic E-state index is 6.15. The van der Waals surface area contributed by atoms with Gasteiger partial charge in [-0.1, -0.05) is 11.6 Å². The molecule has 0 bridgehead atoms. The summed E-state index contributed by atoms with van der Waals surface area (Å²) < 4.78 is 15.8. The lowest BCUT2D eigenvalue weighted by molar-refractivity contribution is 0.0536. The van der Waals surface area contributed by atoms with E-state index in [9.17, 15) is 0 Å². The highest BCUT2D eigenvalue weighted by atomic mass is 35.5. The van der Waals surface area contributed by atoms with Crippen LogP contribution in [0.1, 0.15) is 26.3 Å². The molecule has 0 saturated carbocycles. The summed E-state index contributed by atoms with van der Waals surface area (Å²) >= 11 is 6.15. The van der Waals surface area contributed by atoms with Crippen molar-refractivity contribution in [1.29, 1.82) is 0 Å². The van der Waals surface area contributed by atoms with Gasteiger partial charge in [0.25, 0.3) is 0 Å². The highest BCUT2D eigenvalue weighted by molar-refractivity contribution is 6.31. The minimum atomic E-state index is 0.0306. The molecule has 0 fully saturated rings. The van der Waals surface area contributed by atoms with Gasteiger partial charge in [-0.3, -0.25) is 0 Å². The lowest BCUT2D eigenvalue weighted by Gasteiger charge is -2.21. The molecule has 1 rings (SSSR count). The van der Waals surface area contributed by atoms with Crippen molar-refractivity contribution in [3.63, 3.8) is 0 Å². The van der Waals surface area contributed by atoms with E-state index < -0.39 is 0 Å². The third-order valence-electron chi connectivity index (χ3n) is 2.63. The Kier molecular flexibility index (Phi) is 7.96. The molecule has 0 aromatic carbocycles. The number of rotatable bonds is 9. The third-order valence-corrected chi connectivity index (χ3v) is 2.97. The van der Waals surface area contributed by atoms with Crippen molar-refractivity contribution < 1.29 is 14.2 Å². The van der Waals surface area contributed by atoms with Crippen molar-refractivity contribution in [2.45, 2.75) is 32.9 Å². The van der Waals surface area contributed by atoms with Gasteiger partial charge in [-0.2, -0.15) is 0 Å². The SMILES string of the molecule is COCCOCCOc1cc(CNC(C)(C)C)c(Cl)cn1. The summed E-state index contributed by atoms with van der Waals surface area (Å²) in [5, 5.41) is 4.02. The van der Waals surface area contributed by atoms with E-state index in [2.05, 4.69) is 31.1 Å². The average molecular weight is 317 g/mol. The molecule has 1 N–H and O–H groups in total. The third kappa shape index (κ3) is 8.21. The smallest absolute Gasteiger partial charge is 0.213 e. The summed E-state index contributed by atoms with van der Waals surface area (Å²) in [6, 6.07) is 1.86. The van der Waals surface area contributed by atoms with Crippen LogP contribution in [0.25, 0.3) is 0 Å². The van der Waals surface area contributed by atoms with Crippen LogP contribution in [-0.2, 0) is 16.0 Å². The lowest BCUT2D eigenvalue weighted by atomic mass is 10.1. The van der Waals surface area contributed by atoms with Crippen LogP contribution >= 0.6 is 11.6 Å². The molecule has 0 aliphatic rings. The molecule has 0 aliphatic carbocycles. The second-order valence-corrected chi connectivity index (χ2v) is 6.08. The number of ether oxygens (including phenoxy) is 3. The van der Waals surface area contributed by atoms with Gasteiger partial charge in [-0.15, -0.1) is 0 Å². The van der Waals surface area contributed by atoms with E-state index in [1.54, 1.807) is 13.3 Å². The molecule has 0 amide bonds. The lowest BCUT2D eigenvalue weighted by Crippen LogP contribution is -2.35. The Morgan fingerprint density at radius 1 is 1.19 bits per heavy atom. The van der Waals surface area contributed by atoms with E-state index in [-0.39, 0.29) is 5.54 Å². The number of hydrogen-bond donors (Lipinski definition) is 1. The van der Waals surface area contributed by atoms with Gasteiger partial charge in [0.05, 0.1) is 24.8 Å². The molecule has 5 nitrogen and oxygen atoms in total. The van der Waals surface area contributed by atoms with Gasteiger partial charge in [0.15, 0.2) is 0 Å². The summed E-state index contributed by atoms with van der Waals surface area (Å²) in [6.45, 7) is 9.10. The first-order valence-corrected chi connectivity index (χ1v) is 7.39. The average Bonchev–Trinajstić information content (AvgIpc) is 2.42. The molecule has 1 aromatic rings. The molecular weight excluding hydrogens is 292 g/mol. The first-order chi connectivity index (χ1) is 9.92. The zero-order valence-corrected chi connectivity index (χ0v) is 14.0. The van der Waals surface area contributed by atoms with Crippen LogP contribution in [0.5, 0.6) is 5.88 Å². The topological polar surface area (TPSA) is 52.6 Å². The number of nitrogens with one attached hydrogen (secondary N) is 1. The van der Waals surface area contributed by atoms with Crippen molar-refractivity contribution in [3.05, 3.63) is 22.8 Å². The number of methoxy groups -OCH3 is 1. The molecule has 0 unspecified atom stereocenters. The predicted octanol–water partition coefficient (Wildman–Crippen LogP) is 2.66. The second-order valence-electron chi connectivity index (χ2n) is 5.67. The number of pyridine rings is 1. The van der Waals surface area contributed by atoms with Gasteiger partial charge in [-0.05, 0) is 26.3 Å². The maximum Gasteiger partial charge on any atom is 0.213 e. The Morgan fingerprint density at radius 3 is 2.57 bits per heavy atom. The van der Waals surface area contributed by atoms with Crippen LogP contribution in [0.4, 0.5) is 0 Å². The van der Waals surface area contributed by atoms with E-state index in [0.29, 0.717) is 43.9 Å². The number of aromatic nitrogens is 1. The number of hydrogen-bond acceptors (Lipinski definition) is 5. The normalized spacial score (nSPS) is 11.7.